The summed E-state index contributed by atoms with van der Waals surface area (Å²) in [6, 6.07) is 6.02. The zero-order chi connectivity index (χ0) is 20.9. The van der Waals surface area contributed by atoms with Gasteiger partial charge in [0, 0.05) is 0 Å². The van der Waals surface area contributed by atoms with Gasteiger partial charge >= 0.3 is 0 Å². The maximum atomic E-state index is 6.17. The first-order valence-electron chi connectivity index (χ1n) is 11.0. The predicted octanol–water partition coefficient (Wildman–Crippen LogP) is 4.01. The molecule has 1 aliphatic rings. The molecule has 1 aliphatic heterocycles. The van der Waals surface area contributed by atoms with Crippen LogP contribution in [0.1, 0.15) is 51.9 Å². The van der Waals surface area contributed by atoms with Crippen LogP contribution in [0.4, 0.5) is 0 Å². The average Bonchev–Trinajstić information content (AvgIpc) is 2.75. The molecule has 0 saturated carbocycles. The highest BCUT2D eigenvalue weighted by Crippen LogP contribution is 2.16. The summed E-state index contributed by atoms with van der Waals surface area (Å²) in [5.74, 6) is 0.829. The highest BCUT2D eigenvalue weighted by Gasteiger charge is 2.19. The molecule has 0 aromatic carbocycles. The van der Waals surface area contributed by atoms with Gasteiger partial charge < -0.3 is 23.7 Å². The predicted molar refractivity (Wildman–Crippen MR) is 113 cm³/mol. The van der Waals surface area contributed by atoms with Crippen LogP contribution in [0, 0.1) is 11.8 Å². The molecule has 0 fully saturated rings. The van der Waals surface area contributed by atoms with E-state index in [1.807, 2.05) is 18.2 Å². The van der Waals surface area contributed by atoms with E-state index in [9.17, 15) is 0 Å². The van der Waals surface area contributed by atoms with Gasteiger partial charge in [-0.1, -0.05) is 46.6 Å². The van der Waals surface area contributed by atoms with Crippen molar-refractivity contribution in [2.75, 3.05) is 39.6 Å². The summed E-state index contributed by atoms with van der Waals surface area (Å²) >= 11 is 0. The number of pyridine rings is 1. The molecule has 6 nitrogen and oxygen atoms in total. The third-order valence-corrected chi connectivity index (χ3v) is 5.62. The lowest BCUT2D eigenvalue weighted by Crippen LogP contribution is -2.29. The Morgan fingerprint density at radius 1 is 0.793 bits per heavy atom. The van der Waals surface area contributed by atoms with Crippen LogP contribution in [-0.4, -0.2) is 56.8 Å². The van der Waals surface area contributed by atoms with Crippen molar-refractivity contribution in [1.82, 2.24) is 4.98 Å². The second kappa shape index (κ2) is 14.0. The Morgan fingerprint density at radius 2 is 1.24 bits per heavy atom. The third-order valence-electron chi connectivity index (χ3n) is 5.62. The largest absolute Gasteiger partial charge is 0.377 e. The molecular formula is C23H39NO5. The van der Waals surface area contributed by atoms with Crippen LogP contribution in [0.2, 0.25) is 0 Å². The number of nitrogens with zero attached hydrogens (tertiary/aromatic N) is 1. The van der Waals surface area contributed by atoms with Gasteiger partial charge in [-0.2, -0.15) is 0 Å². The van der Waals surface area contributed by atoms with Crippen molar-refractivity contribution in [2.24, 2.45) is 11.8 Å². The van der Waals surface area contributed by atoms with Crippen LogP contribution >= 0.6 is 0 Å². The van der Waals surface area contributed by atoms with Crippen molar-refractivity contribution < 1.29 is 23.7 Å². The summed E-state index contributed by atoms with van der Waals surface area (Å²) in [6.45, 7) is 13.0. The van der Waals surface area contributed by atoms with E-state index in [1.54, 1.807) is 0 Å². The van der Waals surface area contributed by atoms with E-state index in [4.69, 9.17) is 28.7 Å². The molecule has 0 saturated heterocycles. The smallest absolute Gasteiger partial charge is 0.0893 e. The fourth-order valence-electron chi connectivity index (χ4n) is 3.09. The molecule has 6 heteroatoms. The van der Waals surface area contributed by atoms with Gasteiger partial charge in [-0.15, -0.1) is 0 Å². The van der Waals surface area contributed by atoms with Crippen LogP contribution < -0.4 is 0 Å². The maximum absolute atomic E-state index is 6.17. The van der Waals surface area contributed by atoms with Gasteiger partial charge in [0.25, 0.3) is 0 Å². The van der Waals surface area contributed by atoms with Gasteiger partial charge in [0.15, 0.2) is 0 Å². The number of ether oxygens (including phenoxy) is 5. The minimum Gasteiger partial charge on any atom is -0.377 e. The number of rotatable bonds is 4. The number of hydrogen-bond donors (Lipinski definition) is 0. The van der Waals surface area contributed by atoms with Crippen LogP contribution in [-0.2, 0) is 36.9 Å². The number of fused-ring (bicyclic) bond motifs is 2. The summed E-state index contributed by atoms with van der Waals surface area (Å²) in [5.41, 5.74) is 1.83. The van der Waals surface area contributed by atoms with Crippen LogP contribution in [0.5, 0.6) is 0 Å². The number of aromatic nitrogens is 1. The summed E-state index contributed by atoms with van der Waals surface area (Å²) in [7, 11) is 0. The minimum atomic E-state index is 0.0405. The van der Waals surface area contributed by atoms with Gasteiger partial charge in [0.05, 0.1) is 76.5 Å². The summed E-state index contributed by atoms with van der Waals surface area (Å²) in [6.07, 6.45) is 2.16. The maximum Gasteiger partial charge on any atom is 0.0893 e. The fraction of sp³-hybridized carbons (Fsp3) is 0.783. The quantitative estimate of drug-likeness (QED) is 0.749. The molecule has 1 aromatic rings. The minimum absolute atomic E-state index is 0.0405. The summed E-state index contributed by atoms with van der Waals surface area (Å²) in [5, 5.41) is 0. The fourth-order valence-corrected chi connectivity index (χ4v) is 3.09. The lowest BCUT2D eigenvalue weighted by atomic mass is 10.0. The van der Waals surface area contributed by atoms with E-state index in [0.717, 1.165) is 24.2 Å². The first-order chi connectivity index (χ1) is 14.1. The van der Waals surface area contributed by atoms with Crippen molar-refractivity contribution >= 4 is 0 Å². The Labute approximate surface area is 176 Å². The van der Waals surface area contributed by atoms with Crippen LogP contribution in [0.15, 0.2) is 18.2 Å². The van der Waals surface area contributed by atoms with Gasteiger partial charge in [-0.05, 0) is 24.0 Å². The highest BCUT2D eigenvalue weighted by molar-refractivity contribution is 5.10. The van der Waals surface area contributed by atoms with Gasteiger partial charge in [-0.25, -0.2) is 0 Å². The number of hydrogen-bond acceptors (Lipinski definition) is 6. The standard InChI is InChI=1S/C23H39NO5/c1-5-18(3)22-16-26-12-10-25-11-13-27-17-23(19(4)6-2)29-15-21-9-7-8-20(24-21)14-28-22/h7-9,18-19,22-23H,5-6,10-17H2,1-4H3/t18?,19?,22-,23-/m0/s1. The molecule has 29 heavy (non-hydrogen) atoms. The van der Waals surface area contributed by atoms with E-state index in [-0.39, 0.29) is 12.2 Å². The zero-order valence-corrected chi connectivity index (χ0v) is 18.6. The Bertz CT molecular complexity index is 513. The highest BCUT2D eigenvalue weighted by atomic mass is 16.6. The Morgan fingerprint density at radius 3 is 1.69 bits per heavy atom. The summed E-state index contributed by atoms with van der Waals surface area (Å²) < 4.78 is 29.6. The van der Waals surface area contributed by atoms with Crippen LogP contribution in [0.25, 0.3) is 0 Å². The third kappa shape index (κ3) is 9.09. The molecule has 4 atom stereocenters. The normalized spacial score (nSPS) is 25.5. The molecule has 2 heterocycles. The Balaban J connectivity index is 2.04. The second-order valence-electron chi connectivity index (χ2n) is 7.85. The SMILES string of the molecule is CCC(C)[C@@H]1COCCOCCOC[C@@H](C(C)CC)OCc2cccc(n2)CO1. The average molecular weight is 410 g/mol. The van der Waals surface area contributed by atoms with E-state index in [0.29, 0.717) is 64.7 Å². The van der Waals surface area contributed by atoms with Gasteiger partial charge in [0.2, 0.25) is 0 Å². The topological polar surface area (TPSA) is 59.0 Å². The molecule has 0 aliphatic carbocycles. The second-order valence-corrected chi connectivity index (χ2v) is 7.85. The molecular weight excluding hydrogens is 370 g/mol. The lowest BCUT2D eigenvalue weighted by molar-refractivity contribution is -0.0744. The Hall–Kier alpha value is -1.05. The molecule has 2 unspecified atom stereocenters. The van der Waals surface area contributed by atoms with Gasteiger partial charge in [-0.3, -0.25) is 4.98 Å². The molecule has 2 bridgehead atoms. The monoisotopic (exact) mass is 409 g/mol. The molecule has 1 aromatic heterocycles. The zero-order valence-electron chi connectivity index (χ0n) is 18.6. The van der Waals surface area contributed by atoms with Gasteiger partial charge in [0.1, 0.15) is 0 Å². The molecule has 166 valence electrons. The first kappa shape index (κ1) is 24.2. The molecule has 0 spiro atoms. The molecule has 0 radical (unpaired) electrons. The van der Waals surface area contributed by atoms with Crippen molar-refractivity contribution in [3.8, 4) is 0 Å². The van der Waals surface area contributed by atoms with E-state index < -0.39 is 0 Å². The van der Waals surface area contributed by atoms with E-state index in [2.05, 4.69) is 27.7 Å². The Kier molecular flexibility index (Phi) is 11.7. The van der Waals surface area contributed by atoms with Crippen LogP contribution in [0.3, 0.4) is 0 Å². The van der Waals surface area contributed by atoms with E-state index >= 15 is 0 Å². The lowest BCUT2D eigenvalue weighted by Gasteiger charge is -2.24. The van der Waals surface area contributed by atoms with Crippen molar-refractivity contribution in [2.45, 2.75) is 66.0 Å². The molecule has 0 amide bonds. The van der Waals surface area contributed by atoms with E-state index in [1.165, 1.54) is 0 Å². The van der Waals surface area contributed by atoms with Crippen molar-refractivity contribution in [1.29, 1.82) is 0 Å². The molecule has 2 rings (SSSR count). The first-order valence-corrected chi connectivity index (χ1v) is 11.0. The van der Waals surface area contributed by atoms with Crippen molar-refractivity contribution in [3.63, 3.8) is 0 Å². The summed E-state index contributed by atoms with van der Waals surface area (Å²) in [4.78, 5) is 4.72. The molecule has 0 N–H and O–H groups in total. The van der Waals surface area contributed by atoms with Crippen molar-refractivity contribution in [3.05, 3.63) is 29.6 Å².